The number of carbonyl (C=O) groups excluding carboxylic acids is 2. The van der Waals surface area contributed by atoms with Crippen LogP contribution in [-0.2, 0) is 29.1 Å². The van der Waals surface area contributed by atoms with Crippen molar-refractivity contribution in [2.75, 3.05) is 0 Å². The van der Waals surface area contributed by atoms with Crippen molar-refractivity contribution in [3.05, 3.63) is 83.9 Å². The van der Waals surface area contributed by atoms with Crippen LogP contribution in [0.25, 0.3) is 89.7 Å². The molecule has 7 aromatic rings. The van der Waals surface area contributed by atoms with Gasteiger partial charge in [-0.05, 0) is 82.2 Å². The molecular weight excluding hydrogens is 738 g/mol. The van der Waals surface area contributed by atoms with Crippen LogP contribution in [0.3, 0.4) is 0 Å². The number of hydrogen-bond acceptors (Lipinski definition) is 12. The fourth-order valence-electron chi connectivity index (χ4n) is 6.15. The van der Waals surface area contributed by atoms with E-state index in [1.807, 2.05) is 0 Å². The van der Waals surface area contributed by atoms with Gasteiger partial charge < -0.3 is 49.6 Å². The first-order valence-electron chi connectivity index (χ1n) is 15.2. The van der Waals surface area contributed by atoms with Crippen LogP contribution < -0.4 is 19.4 Å². The molecule has 0 radical (unpaired) electrons. The molecule has 4 aromatic carbocycles. The van der Waals surface area contributed by atoms with Crippen LogP contribution in [-0.4, -0.2) is 65.0 Å². The summed E-state index contributed by atoms with van der Waals surface area (Å²) in [7, 11) is 0. The van der Waals surface area contributed by atoms with Gasteiger partial charge in [-0.2, -0.15) is 0 Å². The van der Waals surface area contributed by atoms with Crippen molar-refractivity contribution in [2.24, 2.45) is 0 Å². The molecule has 250 valence electrons. The number of carbonyl (C=O) groups is 4. The summed E-state index contributed by atoms with van der Waals surface area (Å²) in [4.78, 5) is 84.3. The van der Waals surface area contributed by atoms with Crippen LogP contribution in [0.1, 0.15) is 20.7 Å². The van der Waals surface area contributed by atoms with Gasteiger partial charge in [0.1, 0.15) is 11.5 Å². The molecular formula is C36H16N8O8Zn. The van der Waals surface area contributed by atoms with E-state index in [1.165, 1.54) is 24.3 Å². The molecule has 0 saturated carbocycles. The molecule has 2 aliphatic rings. The first-order valence-corrected chi connectivity index (χ1v) is 15.2. The zero-order valence-electron chi connectivity index (χ0n) is 26.7. The Hall–Kier alpha value is -7.26. The van der Waals surface area contributed by atoms with Crippen LogP contribution in [0.4, 0.5) is 0 Å². The Kier molecular flexibility index (Phi) is 7.77. The Labute approximate surface area is 307 Å². The van der Waals surface area contributed by atoms with Crippen LogP contribution >= 0.6 is 0 Å². The molecule has 0 atom stereocenters. The monoisotopic (exact) mass is 752 g/mol. The molecule has 0 spiro atoms. The van der Waals surface area contributed by atoms with Gasteiger partial charge in [-0.3, -0.25) is 9.59 Å². The molecule has 17 heteroatoms. The minimum atomic E-state index is -1.17. The number of benzene rings is 4. The number of carboxylic acid groups (broad SMARTS) is 2. The van der Waals surface area contributed by atoms with E-state index in [1.54, 1.807) is 48.5 Å². The Morgan fingerprint density at radius 1 is 0.491 bits per heavy atom. The summed E-state index contributed by atoms with van der Waals surface area (Å²) in [6.45, 7) is 0.584. The molecule has 3 aromatic heterocycles. The van der Waals surface area contributed by atoms with Crippen LogP contribution in [0.2, 0.25) is 0 Å². The van der Waals surface area contributed by atoms with Gasteiger partial charge in [0, 0.05) is 44.8 Å². The van der Waals surface area contributed by atoms with E-state index in [0.29, 0.717) is 56.7 Å². The molecule has 2 N–H and O–H groups in total. The second-order valence-corrected chi connectivity index (χ2v) is 11.5. The Morgan fingerprint density at radius 2 is 0.906 bits per heavy atom. The van der Waals surface area contributed by atoms with Gasteiger partial charge in [-0.15, -0.1) is 0 Å². The van der Waals surface area contributed by atoms with E-state index in [-0.39, 0.29) is 88.0 Å². The van der Waals surface area contributed by atoms with Gasteiger partial charge in [0.05, 0.1) is 34.4 Å². The second-order valence-electron chi connectivity index (χ2n) is 11.5. The number of ether oxygens (including phenoxy) is 2. The Balaban J connectivity index is 0.00000400. The standard InChI is InChI=1S/C36H18N8O8.Zn/c45-13-51-17-3-7-21-25(11-17)34-42-29(21)40-32-23-9-15(35(47)48)1-5-19(23)27(38-32)37-31-24-10-16(36(49)50)2-6-20(24)28(39-31)41-33-26-12-18(52-14-46)4-8-22(26)30(43-33)44-34;/h1-14H,(H4,37,38,39,40,41,42,43,44,47,48,49,50);/q;+2/p-2. The molecule has 0 amide bonds. The van der Waals surface area contributed by atoms with Crippen molar-refractivity contribution in [2.45, 2.75) is 0 Å². The average molecular weight is 754 g/mol. The summed E-state index contributed by atoms with van der Waals surface area (Å²) in [5.41, 5.74) is 2.28. The third-order valence-corrected chi connectivity index (χ3v) is 8.51. The van der Waals surface area contributed by atoms with Gasteiger partial charge in [0.15, 0.2) is 0 Å². The largest absolute Gasteiger partial charge is 2.00 e. The molecule has 53 heavy (non-hydrogen) atoms. The maximum atomic E-state index is 12.0. The first-order chi connectivity index (χ1) is 25.3. The van der Waals surface area contributed by atoms with Gasteiger partial charge in [0.2, 0.25) is 0 Å². The van der Waals surface area contributed by atoms with Gasteiger partial charge >= 0.3 is 31.4 Å². The normalized spacial score (nSPS) is 11.3. The summed E-state index contributed by atoms with van der Waals surface area (Å²) in [5.74, 6) is -1.34. The van der Waals surface area contributed by atoms with Gasteiger partial charge in [-0.25, -0.2) is 19.6 Å². The van der Waals surface area contributed by atoms with Crippen molar-refractivity contribution in [3.8, 4) is 57.1 Å². The summed E-state index contributed by atoms with van der Waals surface area (Å²) >= 11 is 0. The number of aromatic carboxylic acids is 2. The zero-order valence-corrected chi connectivity index (χ0v) is 29.7. The van der Waals surface area contributed by atoms with Crippen LogP contribution in [0.15, 0.2) is 72.8 Å². The molecule has 9 rings (SSSR count). The molecule has 16 nitrogen and oxygen atoms in total. The van der Waals surface area contributed by atoms with E-state index in [9.17, 15) is 29.4 Å². The molecule has 0 unspecified atom stereocenters. The Bertz CT molecular complexity index is 2940. The topological polar surface area (TPSA) is 233 Å². The summed E-state index contributed by atoms with van der Waals surface area (Å²) < 4.78 is 10.2. The van der Waals surface area contributed by atoms with Crippen LogP contribution in [0.5, 0.6) is 11.5 Å². The molecule has 0 aliphatic carbocycles. The molecule has 5 heterocycles. The average Bonchev–Trinajstić information content (AvgIpc) is 3.86. The number of aromatic nitrogens is 8. The molecule has 0 fully saturated rings. The maximum Gasteiger partial charge on any atom is 2.00 e. The third kappa shape index (κ3) is 5.43. The van der Waals surface area contributed by atoms with Crippen LogP contribution in [0, 0.1) is 0 Å². The number of hydrogen-bond donors (Lipinski definition) is 2. The van der Waals surface area contributed by atoms with E-state index in [0.717, 1.165) is 0 Å². The summed E-state index contributed by atoms with van der Waals surface area (Å²) in [6, 6.07) is 18.3. The smallest absolute Gasteiger partial charge is 0.478 e. The quantitative estimate of drug-likeness (QED) is 0.175. The van der Waals surface area contributed by atoms with E-state index < -0.39 is 11.9 Å². The van der Waals surface area contributed by atoms with Crippen molar-refractivity contribution in [3.63, 3.8) is 0 Å². The number of nitrogens with zero attached hydrogens (tertiary/aromatic N) is 8. The van der Waals surface area contributed by atoms with Crippen molar-refractivity contribution in [1.29, 1.82) is 0 Å². The zero-order chi connectivity index (χ0) is 35.7. The van der Waals surface area contributed by atoms with Gasteiger partial charge in [0.25, 0.3) is 12.9 Å². The Morgan fingerprint density at radius 3 is 1.47 bits per heavy atom. The summed E-state index contributed by atoms with van der Waals surface area (Å²) in [6.07, 6.45) is 0. The minimum Gasteiger partial charge on any atom is -0.478 e. The van der Waals surface area contributed by atoms with E-state index >= 15 is 0 Å². The van der Waals surface area contributed by atoms with Crippen molar-refractivity contribution >= 4 is 69.0 Å². The number of fused-ring (bicyclic) bond motifs is 20. The molecule has 0 saturated heterocycles. The SMILES string of the molecule is O=COc1ccc2c(c1)-c1nc-2nc2[n-]c(nc3nc(nc4[n-]c(n1)c1ccc(OC=O)cc41)-c1ccc(C(=O)O)cc1-3)c1ccc(C(=O)O)cc21.[Zn+2]. The fraction of sp³-hybridized carbons (Fsp3) is 0. The van der Waals surface area contributed by atoms with Crippen molar-refractivity contribution in [1.82, 2.24) is 39.9 Å². The van der Waals surface area contributed by atoms with Crippen molar-refractivity contribution < 1.29 is 58.3 Å². The van der Waals surface area contributed by atoms with E-state index in [2.05, 4.69) is 9.97 Å². The second kappa shape index (κ2) is 12.5. The molecule has 8 bridgehead atoms. The maximum absolute atomic E-state index is 12.0. The number of carboxylic acids is 2. The number of rotatable bonds is 6. The minimum absolute atomic E-state index is 0. The molecule has 2 aliphatic heterocycles. The first kappa shape index (κ1) is 32.9. The summed E-state index contributed by atoms with van der Waals surface area (Å²) in [5, 5.41) is 21.3. The third-order valence-electron chi connectivity index (χ3n) is 8.51. The fourth-order valence-corrected chi connectivity index (χ4v) is 6.15. The van der Waals surface area contributed by atoms with E-state index in [4.69, 9.17) is 39.4 Å². The van der Waals surface area contributed by atoms with Gasteiger partial charge in [-0.1, -0.05) is 12.1 Å². The predicted molar refractivity (Wildman–Crippen MR) is 181 cm³/mol. The predicted octanol–water partition coefficient (Wildman–Crippen LogP) is 4.59.